The van der Waals surface area contributed by atoms with Crippen LogP contribution in [0, 0.1) is 11.8 Å². The Kier molecular flexibility index (Phi) is 7.35. The maximum Gasteiger partial charge on any atom is -1.00 e. The Balaban J connectivity index is 0.00000104. The van der Waals surface area contributed by atoms with Crippen LogP contribution in [-0.2, 0) is 23.2 Å². The maximum atomic E-state index is 2.50. The van der Waals surface area contributed by atoms with Crippen molar-refractivity contribution in [1.82, 2.24) is 0 Å². The monoisotopic (exact) mass is 434 g/mol. The Hall–Kier alpha value is -0.357. The van der Waals surface area contributed by atoms with Gasteiger partial charge in [-0.1, -0.05) is 0 Å². The fraction of sp³-hybridized carbons (Fsp3) is 0.333. The number of allylic oxidation sites excluding steroid dienone is 8. The van der Waals surface area contributed by atoms with Crippen molar-refractivity contribution in [3.05, 3.63) is 81.2 Å². The van der Waals surface area contributed by atoms with Crippen molar-refractivity contribution < 1.29 is 48.0 Å². The summed E-state index contributed by atoms with van der Waals surface area (Å²) < 4.78 is 2.70. The van der Waals surface area contributed by atoms with Crippen molar-refractivity contribution in [3.63, 3.8) is 0 Å². The first kappa shape index (κ1) is 20.0. The van der Waals surface area contributed by atoms with Gasteiger partial charge in [-0.2, -0.15) is 0 Å². The maximum absolute atomic E-state index is 2.50. The van der Waals surface area contributed by atoms with E-state index < -0.39 is 23.2 Å². The van der Waals surface area contributed by atoms with Crippen LogP contribution in [0.4, 0.5) is 0 Å². The fourth-order valence-electron chi connectivity index (χ4n) is 4.23. The van der Waals surface area contributed by atoms with E-state index in [2.05, 4.69) is 73.7 Å². The first-order chi connectivity index (χ1) is 10.8. The predicted octanol–water partition coefficient (Wildman–Crippen LogP) is -0.355. The van der Waals surface area contributed by atoms with E-state index in [1.165, 1.54) is 18.4 Å². The molecule has 4 rings (SSSR count). The van der Waals surface area contributed by atoms with Crippen molar-refractivity contribution in [3.8, 4) is 0 Å². The van der Waals surface area contributed by atoms with E-state index in [0.29, 0.717) is 5.92 Å². The van der Waals surface area contributed by atoms with Gasteiger partial charge in [-0.05, 0) is 0 Å². The zero-order valence-electron chi connectivity index (χ0n) is 13.8. The first-order valence-electron chi connectivity index (χ1n) is 8.38. The van der Waals surface area contributed by atoms with Gasteiger partial charge in [-0.25, -0.2) is 0 Å². The third kappa shape index (κ3) is 3.90. The number of hydrogen-bond acceptors (Lipinski definition) is 0. The van der Waals surface area contributed by atoms with Crippen molar-refractivity contribution in [2.45, 2.75) is 29.3 Å². The number of fused-ring (bicyclic) bond motifs is 1. The average molecular weight is 437 g/mol. The molecule has 0 spiro atoms. The molecule has 3 heteroatoms. The summed E-state index contributed by atoms with van der Waals surface area (Å²) in [6, 6.07) is 11.1. The van der Waals surface area contributed by atoms with Gasteiger partial charge in [0.2, 0.25) is 0 Å². The van der Waals surface area contributed by atoms with Gasteiger partial charge in [-0.15, -0.1) is 0 Å². The van der Waals surface area contributed by atoms with Crippen LogP contribution in [0.3, 0.4) is 0 Å². The summed E-state index contributed by atoms with van der Waals surface area (Å²) in [5.41, 5.74) is 3.28. The minimum absolute atomic E-state index is 0. The molecule has 0 nitrogen and oxygen atoms in total. The second-order valence-corrected chi connectivity index (χ2v) is 10.6. The summed E-state index contributed by atoms with van der Waals surface area (Å²) in [6.45, 7) is 2.50. The van der Waals surface area contributed by atoms with Crippen molar-refractivity contribution >= 4 is 0 Å². The quantitative estimate of drug-likeness (QED) is 0.608. The van der Waals surface area contributed by atoms with Gasteiger partial charge in [0.25, 0.3) is 0 Å². The summed E-state index contributed by atoms with van der Waals surface area (Å²) in [6.07, 6.45) is 16.8. The number of hydrogen-bond donors (Lipinski definition) is 0. The van der Waals surface area contributed by atoms with Crippen LogP contribution in [0.5, 0.6) is 0 Å². The third-order valence-corrected chi connectivity index (χ3v) is 10.1. The second kappa shape index (κ2) is 8.84. The summed E-state index contributed by atoms with van der Waals surface area (Å²) in [7, 11) is 0. The molecule has 4 unspecified atom stereocenters. The van der Waals surface area contributed by atoms with Crippen LogP contribution in [0.1, 0.15) is 31.2 Å². The number of halogens is 2. The molecule has 1 saturated carbocycles. The Labute approximate surface area is 169 Å². The van der Waals surface area contributed by atoms with Crippen molar-refractivity contribution in [2.24, 2.45) is 11.8 Å². The van der Waals surface area contributed by atoms with E-state index in [4.69, 9.17) is 0 Å². The molecule has 124 valence electrons. The summed E-state index contributed by atoms with van der Waals surface area (Å²) >= 11 is -0.471. The smallest absolute Gasteiger partial charge is 1.00 e. The topological polar surface area (TPSA) is 0 Å². The summed E-state index contributed by atoms with van der Waals surface area (Å²) in [5, 5.41) is 0. The fourth-order valence-corrected chi connectivity index (χ4v) is 8.47. The Morgan fingerprint density at radius 3 is 2.50 bits per heavy atom. The molecule has 0 heterocycles. The standard InChI is InChI=1S/C16H17.C5H5.2ClH.Zr/c1-12-10-14-8-5-9-15(16(14)11-12)13-6-3-2-4-7-13;1-2-4-5-3-1;;;/h2-10,12,15-16H,11H2,1H3;1-3H,4H2;2*1H;/q;;;;+2/p-2. The molecule has 0 amide bonds. The summed E-state index contributed by atoms with van der Waals surface area (Å²) in [4.78, 5) is 0. The van der Waals surface area contributed by atoms with E-state index >= 15 is 0 Å². The van der Waals surface area contributed by atoms with Gasteiger partial charge in [0.15, 0.2) is 0 Å². The molecule has 1 aromatic carbocycles. The van der Waals surface area contributed by atoms with Crippen LogP contribution in [0.2, 0.25) is 3.63 Å². The molecule has 3 aliphatic rings. The Morgan fingerprint density at radius 1 is 1.00 bits per heavy atom. The number of rotatable bonds is 3. The molecular weight excluding hydrogens is 414 g/mol. The molecule has 3 aliphatic carbocycles. The molecule has 1 fully saturated rings. The molecule has 24 heavy (non-hydrogen) atoms. The second-order valence-electron chi connectivity index (χ2n) is 6.75. The zero-order valence-corrected chi connectivity index (χ0v) is 17.8. The van der Waals surface area contributed by atoms with Gasteiger partial charge in [0, 0.05) is 0 Å². The molecule has 4 atom stereocenters. The molecule has 0 aliphatic heterocycles. The van der Waals surface area contributed by atoms with Crippen LogP contribution in [0.25, 0.3) is 0 Å². The average Bonchev–Trinajstić information content (AvgIpc) is 3.17. The van der Waals surface area contributed by atoms with Gasteiger partial charge in [0.05, 0.1) is 0 Å². The molecule has 1 aromatic rings. The molecule has 0 aromatic heterocycles. The molecular formula is C21H22Cl2Zr. The van der Waals surface area contributed by atoms with E-state index in [9.17, 15) is 0 Å². The van der Waals surface area contributed by atoms with Crippen LogP contribution in [0.15, 0.2) is 75.6 Å². The Morgan fingerprint density at radius 2 is 1.79 bits per heavy atom. The summed E-state index contributed by atoms with van der Waals surface area (Å²) in [5.74, 6) is 2.22. The predicted molar refractivity (Wildman–Crippen MR) is 89.3 cm³/mol. The first-order valence-corrected chi connectivity index (χ1v) is 11.0. The third-order valence-electron chi connectivity index (χ3n) is 5.32. The van der Waals surface area contributed by atoms with Crippen LogP contribution in [-0.4, -0.2) is 0 Å². The molecule has 0 radical (unpaired) electrons. The van der Waals surface area contributed by atoms with Crippen LogP contribution < -0.4 is 24.8 Å². The van der Waals surface area contributed by atoms with E-state index in [1.807, 2.05) is 0 Å². The van der Waals surface area contributed by atoms with Crippen LogP contribution >= 0.6 is 0 Å². The Bertz CT molecular complexity index is 672. The van der Waals surface area contributed by atoms with E-state index in [0.717, 1.165) is 15.5 Å². The minimum atomic E-state index is -0.471. The zero-order chi connectivity index (χ0) is 14.9. The van der Waals surface area contributed by atoms with Crippen molar-refractivity contribution in [1.29, 1.82) is 0 Å². The SMILES string of the molecule is CC1CC2C(=CC=CC2c2ccccc2)[CH]1[Zr+2][C]1=CC=CC1.[Cl-].[Cl-]. The normalized spacial score (nSPS) is 29.7. The molecule has 0 bridgehead atoms. The minimum Gasteiger partial charge on any atom is -1.00 e. The molecule has 0 N–H and O–H groups in total. The van der Waals surface area contributed by atoms with E-state index in [-0.39, 0.29) is 24.8 Å². The van der Waals surface area contributed by atoms with Gasteiger partial charge in [0.1, 0.15) is 0 Å². The number of benzene rings is 1. The van der Waals surface area contributed by atoms with E-state index in [1.54, 1.807) is 8.85 Å². The van der Waals surface area contributed by atoms with Gasteiger partial charge >= 0.3 is 146 Å². The van der Waals surface area contributed by atoms with Gasteiger partial charge in [-0.3, -0.25) is 0 Å². The molecule has 0 saturated heterocycles. The largest absolute Gasteiger partial charge is 1.00 e. The van der Waals surface area contributed by atoms with Gasteiger partial charge < -0.3 is 24.8 Å². The van der Waals surface area contributed by atoms with Crippen molar-refractivity contribution in [2.75, 3.05) is 0 Å².